The molecule has 0 aliphatic carbocycles. The molecule has 196 valence electrons. The Morgan fingerprint density at radius 2 is 1.79 bits per heavy atom. The van der Waals surface area contributed by atoms with Crippen LogP contribution < -0.4 is 15.5 Å². The second-order valence-corrected chi connectivity index (χ2v) is 10.9. The van der Waals surface area contributed by atoms with Gasteiger partial charge in [-0.1, -0.05) is 74.1 Å². The monoisotopic (exact) mass is 533 g/mol. The van der Waals surface area contributed by atoms with Crippen molar-refractivity contribution in [2.75, 3.05) is 7.11 Å². The van der Waals surface area contributed by atoms with Gasteiger partial charge in [0.05, 0.1) is 35.9 Å². The maximum absolute atomic E-state index is 5.27. The number of fused-ring (bicyclic) bond motifs is 3. The van der Waals surface area contributed by atoms with Gasteiger partial charge in [-0.25, -0.2) is 4.98 Å². The zero-order chi connectivity index (χ0) is 26.8. The fraction of sp³-hybridized carbons (Fsp3) is 0.188. The summed E-state index contributed by atoms with van der Waals surface area (Å²) in [6.07, 6.45) is 1.82. The standard InChI is InChI=1S/C32H31N5OS/c1-21(2)30-31-27(26-11-7-8-12-29(26)37(31)19-22-9-5-4-6-10-22)17-24(34-30)18-33-36-32-35-28(20-39-32)23-13-15-25(38-3)16-14-23/h4-18,20-21,32,35-36H,19H2,1-3H3/b33-18+. The smallest absolute Gasteiger partial charge is 0.165 e. The van der Waals surface area contributed by atoms with E-state index in [0.717, 1.165) is 34.9 Å². The molecule has 2 N–H and O–H groups in total. The van der Waals surface area contributed by atoms with Crippen LogP contribution in [0.4, 0.5) is 0 Å². The third-order valence-corrected chi connectivity index (χ3v) is 7.79. The van der Waals surface area contributed by atoms with Crippen LogP contribution in [0.5, 0.6) is 5.75 Å². The molecule has 0 fully saturated rings. The van der Waals surface area contributed by atoms with Crippen molar-refractivity contribution in [1.29, 1.82) is 0 Å². The second-order valence-electron chi connectivity index (χ2n) is 9.88. The first-order chi connectivity index (χ1) is 19.1. The van der Waals surface area contributed by atoms with E-state index in [4.69, 9.17) is 9.72 Å². The molecule has 6 rings (SSSR count). The van der Waals surface area contributed by atoms with E-state index in [1.165, 1.54) is 27.4 Å². The van der Waals surface area contributed by atoms with Crippen LogP contribution in [0.3, 0.4) is 0 Å². The third kappa shape index (κ3) is 5.10. The lowest BCUT2D eigenvalue weighted by molar-refractivity contribution is 0.415. The highest BCUT2D eigenvalue weighted by Crippen LogP contribution is 2.34. The molecule has 6 nitrogen and oxygen atoms in total. The van der Waals surface area contributed by atoms with Gasteiger partial charge in [-0.05, 0) is 58.9 Å². The molecule has 1 aliphatic heterocycles. The van der Waals surface area contributed by atoms with Gasteiger partial charge < -0.3 is 14.6 Å². The van der Waals surface area contributed by atoms with Crippen LogP contribution in [-0.2, 0) is 6.54 Å². The number of nitrogens with zero attached hydrogens (tertiary/aromatic N) is 3. The van der Waals surface area contributed by atoms with E-state index in [0.29, 0.717) is 0 Å². The molecule has 5 aromatic rings. The maximum atomic E-state index is 5.27. The Morgan fingerprint density at radius 1 is 1.03 bits per heavy atom. The van der Waals surface area contributed by atoms with E-state index < -0.39 is 0 Å². The lowest BCUT2D eigenvalue weighted by atomic mass is 10.0. The summed E-state index contributed by atoms with van der Waals surface area (Å²) in [5, 5.41) is 12.6. The molecule has 1 aliphatic rings. The number of benzene rings is 3. The minimum absolute atomic E-state index is 0.0561. The number of nitrogens with one attached hydrogen (secondary N) is 2. The summed E-state index contributed by atoms with van der Waals surface area (Å²) in [4.78, 5) is 5.08. The van der Waals surface area contributed by atoms with Gasteiger partial charge in [0.25, 0.3) is 0 Å². The van der Waals surface area contributed by atoms with E-state index >= 15 is 0 Å². The number of hydrogen-bond acceptors (Lipinski definition) is 6. The van der Waals surface area contributed by atoms with Crippen LogP contribution in [0.2, 0.25) is 0 Å². The molecule has 39 heavy (non-hydrogen) atoms. The highest BCUT2D eigenvalue weighted by Gasteiger charge is 2.19. The molecule has 7 heteroatoms. The number of aromatic nitrogens is 2. The summed E-state index contributed by atoms with van der Waals surface area (Å²) in [7, 11) is 1.68. The molecular weight excluding hydrogens is 502 g/mol. The molecule has 2 aromatic heterocycles. The van der Waals surface area contributed by atoms with Gasteiger partial charge >= 0.3 is 0 Å². The highest BCUT2D eigenvalue weighted by molar-refractivity contribution is 8.03. The molecule has 1 atom stereocenters. The highest BCUT2D eigenvalue weighted by atomic mass is 32.2. The molecule has 3 aromatic carbocycles. The van der Waals surface area contributed by atoms with Crippen LogP contribution in [0.15, 0.2) is 95.4 Å². The number of rotatable bonds is 8. The van der Waals surface area contributed by atoms with Crippen molar-refractivity contribution >= 4 is 45.5 Å². The van der Waals surface area contributed by atoms with Gasteiger partial charge in [0, 0.05) is 22.8 Å². The van der Waals surface area contributed by atoms with E-state index in [1.54, 1.807) is 18.9 Å². The summed E-state index contributed by atoms with van der Waals surface area (Å²) >= 11 is 1.65. The van der Waals surface area contributed by atoms with Crippen molar-refractivity contribution in [2.24, 2.45) is 5.10 Å². The number of thioether (sulfide) groups is 1. The SMILES string of the molecule is COc1ccc(C2=CSC(N/N=C/c3cc4c5ccccc5n(Cc5ccccc5)c4c(C(C)C)n3)N2)cc1. The predicted molar refractivity (Wildman–Crippen MR) is 163 cm³/mol. The summed E-state index contributed by atoms with van der Waals surface area (Å²) in [5.41, 5.74) is 10.9. The first kappa shape index (κ1) is 25.1. The molecule has 3 heterocycles. The zero-order valence-corrected chi connectivity index (χ0v) is 23.1. The maximum Gasteiger partial charge on any atom is 0.165 e. The van der Waals surface area contributed by atoms with Gasteiger partial charge in [0.15, 0.2) is 5.50 Å². The van der Waals surface area contributed by atoms with Gasteiger partial charge in [-0.15, -0.1) is 0 Å². The largest absolute Gasteiger partial charge is 0.497 e. The molecule has 0 amide bonds. The zero-order valence-electron chi connectivity index (χ0n) is 22.3. The van der Waals surface area contributed by atoms with Crippen LogP contribution in [0.1, 0.15) is 42.3 Å². The van der Waals surface area contributed by atoms with Crippen molar-refractivity contribution in [3.05, 3.63) is 113 Å². The molecule has 0 saturated carbocycles. The van der Waals surface area contributed by atoms with E-state index in [2.05, 4.69) is 100 Å². The van der Waals surface area contributed by atoms with Crippen LogP contribution >= 0.6 is 11.8 Å². The van der Waals surface area contributed by atoms with Crippen LogP contribution in [-0.4, -0.2) is 28.4 Å². The van der Waals surface area contributed by atoms with Gasteiger partial charge in [0.1, 0.15) is 5.75 Å². The Balaban J connectivity index is 1.27. The number of hydrogen-bond donors (Lipinski definition) is 2. The molecule has 0 spiro atoms. The first-order valence-corrected chi connectivity index (χ1v) is 14.1. The summed E-state index contributed by atoms with van der Waals surface area (Å²) < 4.78 is 7.68. The van der Waals surface area contributed by atoms with E-state index in [1.807, 2.05) is 30.5 Å². The molecule has 1 unspecified atom stereocenters. The summed E-state index contributed by atoms with van der Waals surface area (Å²) in [6.45, 7) is 5.21. The van der Waals surface area contributed by atoms with Crippen molar-refractivity contribution in [1.82, 2.24) is 20.3 Å². The fourth-order valence-corrected chi connectivity index (χ4v) is 5.82. The summed E-state index contributed by atoms with van der Waals surface area (Å²) in [5.74, 6) is 1.11. The quantitative estimate of drug-likeness (QED) is 0.168. The van der Waals surface area contributed by atoms with Crippen molar-refractivity contribution in [3.8, 4) is 5.75 Å². The Hall–Kier alpha value is -4.23. The number of hydrazone groups is 1. The van der Waals surface area contributed by atoms with Crippen molar-refractivity contribution in [3.63, 3.8) is 0 Å². The van der Waals surface area contributed by atoms with Crippen molar-refractivity contribution in [2.45, 2.75) is 31.8 Å². The second kappa shape index (κ2) is 10.9. The molecule has 0 saturated heterocycles. The molecule has 0 radical (unpaired) electrons. The number of ether oxygens (including phenoxy) is 1. The number of methoxy groups -OCH3 is 1. The molecule has 0 bridgehead atoms. The first-order valence-electron chi connectivity index (χ1n) is 13.1. The lowest BCUT2D eigenvalue weighted by Crippen LogP contribution is -2.32. The average Bonchev–Trinajstić information content (AvgIpc) is 3.57. The Morgan fingerprint density at radius 3 is 2.56 bits per heavy atom. The fourth-order valence-electron chi connectivity index (χ4n) is 5.02. The lowest BCUT2D eigenvalue weighted by Gasteiger charge is -2.14. The van der Waals surface area contributed by atoms with Crippen LogP contribution in [0.25, 0.3) is 27.5 Å². The topological polar surface area (TPSA) is 63.5 Å². The normalized spacial score (nSPS) is 15.3. The van der Waals surface area contributed by atoms with E-state index in [-0.39, 0.29) is 11.4 Å². The minimum Gasteiger partial charge on any atom is -0.497 e. The Bertz CT molecular complexity index is 1670. The number of para-hydroxylation sites is 1. The predicted octanol–water partition coefficient (Wildman–Crippen LogP) is 6.91. The average molecular weight is 534 g/mol. The van der Waals surface area contributed by atoms with Gasteiger partial charge in [-0.3, -0.25) is 5.43 Å². The van der Waals surface area contributed by atoms with Gasteiger partial charge in [0.2, 0.25) is 0 Å². The van der Waals surface area contributed by atoms with Crippen LogP contribution in [0, 0.1) is 0 Å². The van der Waals surface area contributed by atoms with Crippen molar-refractivity contribution < 1.29 is 4.74 Å². The number of pyridine rings is 1. The van der Waals surface area contributed by atoms with E-state index in [9.17, 15) is 0 Å². The third-order valence-electron chi connectivity index (χ3n) is 6.92. The van der Waals surface area contributed by atoms with Gasteiger partial charge in [-0.2, -0.15) is 5.10 Å². The summed E-state index contributed by atoms with van der Waals surface area (Å²) in [6, 6.07) is 29.4. The Labute approximate surface area is 232 Å². The minimum atomic E-state index is -0.0561. The molecular formula is C32H31N5OS. The Kier molecular flexibility index (Phi) is 6.99.